The van der Waals surface area contributed by atoms with Crippen LogP contribution in [0.3, 0.4) is 0 Å². The zero-order valence-corrected chi connectivity index (χ0v) is 10.1. The van der Waals surface area contributed by atoms with Gasteiger partial charge >= 0.3 is 0 Å². The average Bonchev–Trinajstić information content (AvgIpc) is 2.38. The number of hydrogen-bond acceptors (Lipinski definition) is 4. The molecule has 16 heavy (non-hydrogen) atoms. The number of nitrogens with zero attached hydrogens (tertiary/aromatic N) is 3. The predicted molar refractivity (Wildman–Crippen MR) is 66.9 cm³/mol. The summed E-state index contributed by atoms with van der Waals surface area (Å²) in [6.45, 7) is 3.38. The molecule has 2 heterocycles. The molecule has 1 aliphatic heterocycles. The van der Waals surface area contributed by atoms with Crippen molar-refractivity contribution < 1.29 is 0 Å². The van der Waals surface area contributed by atoms with E-state index in [1.807, 2.05) is 13.1 Å². The van der Waals surface area contributed by atoms with E-state index in [1.165, 1.54) is 25.7 Å². The van der Waals surface area contributed by atoms with Gasteiger partial charge in [0.25, 0.3) is 0 Å². The molecule has 0 spiro atoms. The minimum atomic E-state index is 0.647. The third kappa shape index (κ3) is 2.26. The van der Waals surface area contributed by atoms with E-state index < -0.39 is 0 Å². The van der Waals surface area contributed by atoms with Crippen LogP contribution < -0.4 is 10.2 Å². The third-order valence-corrected chi connectivity index (χ3v) is 3.30. The van der Waals surface area contributed by atoms with Crippen LogP contribution in [-0.4, -0.2) is 29.6 Å². The molecule has 0 aromatic carbocycles. The van der Waals surface area contributed by atoms with Crippen molar-refractivity contribution in [2.75, 3.05) is 23.8 Å². The molecule has 1 unspecified atom stereocenters. The summed E-state index contributed by atoms with van der Waals surface area (Å²) in [6.07, 6.45) is 6.74. The van der Waals surface area contributed by atoms with Crippen molar-refractivity contribution in [2.24, 2.45) is 0 Å². The van der Waals surface area contributed by atoms with Crippen LogP contribution in [0.15, 0.2) is 12.4 Å². The Labute approximate surface area is 97.1 Å². The lowest BCUT2D eigenvalue weighted by molar-refractivity contribution is 0.446. The van der Waals surface area contributed by atoms with E-state index >= 15 is 0 Å². The molecule has 1 fully saturated rings. The van der Waals surface area contributed by atoms with Crippen LogP contribution in [0, 0.1) is 0 Å². The van der Waals surface area contributed by atoms with Crippen LogP contribution in [0.25, 0.3) is 0 Å². The fourth-order valence-corrected chi connectivity index (χ4v) is 2.37. The van der Waals surface area contributed by atoms with Crippen LogP contribution >= 0.6 is 0 Å². The maximum Gasteiger partial charge on any atom is 0.134 e. The fourth-order valence-electron chi connectivity index (χ4n) is 2.37. The maximum absolute atomic E-state index is 4.38. The number of nitrogens with one attached hydrogen (secondary N) is 1. The molecule has 0 bridgehead atoms. The van der Waals surface area contributed by atoms with Crippen LogP contribution in [0.4, 0.5) is 11.6 Å². The number of piperidine rings is 1. The number of aromatic nitrogens is 2. The summed E-state index contributed by atoms with van der Waals surface area (Å²) < 4.78 is 0. The van der Waals surface area contributed by atoms with Crippen molar-refractivity contribution in [1.29, 1.82) is 0 Å². The van der Waals surface area contributed by atoms with Crippen LogP contribution in [0.1, 0.15) is 32.6 Å². The molecule has 1 atom stereocenters. The van der Waals surface area contributed by atoms with Gasteiger partial charge in [0.15, 0.2) is 0 Å². The van der Waals surface area contributed by atoms with Crippen LogP contribution in [0.5, 0.6) is 0 Å². The molecule has 4 heteroatoms. The first-order valence-corrected chi connectivity index (χ1v) is 6.11. The average molecular weight is 220 g/mol. The fraction of sp³-hybridized carbons (Fsp3) is 0.667. The van der Waals surface area contributed by atoms with E-state index in [0.29, 0.717) is 6.04 Å². The van der Waals surface area contributed by atoms with E-state index in [4.69, 9.17) is 0 Å². The van der Waals surface area contributed by atoms with Gasteiger partial charge in [0.05, 0.1) is 0 Å². The lowest BCUT2D eigenvalue weighted by Crippen LogP contribution is -2.39. The zero-order chi connectivity index (χ0) is 11.4. The number of hydrogen-bond donors (Lipinski definition) is 1. The van der Waals surface area contributed by atoms with Gasteiger partial charge in [-0.25, -0.2) is 9.97 Å². The molecule has 88 valence electrons. The van der Waals surface area contributed by atoms with Gasteiger partial charge in [0.2, 0.25) is 0 Å². The van der Waals surface area contributed by atoms with Gasteiger partial charge in [-0.15, -0.1) is 0 Å². The molecule has 0 radical (unpaired) electrons. The maximum atomic E-state index is 4.38. The van der Waals surface area contributed by atoms with Gasteiger partial charge in [-0.05, 0) is 25.7 Å². The largest absolute Gasteiger partial charge is 0.373 e. The predicted octanol–water partition coefficient (Wildman–Crippen LogP) is 2.29. The molecule has 0 aliphatic carbocycles. The summed E-state index contributed by atoms with van der Waals surface area (Å²) in [5, 5.41) is 3.06. The molecule has 1 N–H and O–H groups in total. The minimum Gasteiger partial charge on any atom is -0.373 e. The van der Waals surface area contributed by atoms with Gasteiger partial charge in [0, 0.05) is 25.7 Å². The van der Waals surface area contributed by atoms with Crippen molar-refractivity contribution in [1.82, 2.24) is 9.97 Å². The second kappa shape index (κ2) is 5.14. The summed E-state index contributed by atoms with van der Waals surface area (Å²) in [5.41, 5.74) is 0. The molecule has 0 saturated carbocycles. The van der Waals surface area contributed by atoms with Crippen molar-refractivity contribution >= 4 is 11.6 Å². The van der Waals surface area contributed by atoms with E-state index in [9.17, 15) is 0 Å². The van der Waals surface area contributed by atoms with Crippen molar-refractivity contribution in [3.63, 3.8) is 0 Å². The first-order valence-electron chi connectivity index (χ1n) is 6.11. The summed E-state index contributed by atoms with van der Waals surface area (Å²) in [5.74, 6) is 1.95. The lowest BCUT2D eigenvalue weighted by atomic mass is 10.0. The Balaban J connectivity index is 2.20. The van der Waals surface area contributed by atoms with Gasteiger partial charge in [-0.3, -0.25) is 0 Å². The van der Waals surface area contributed by atoms with E-state index in [0.717, 1.165) is 18.2 Å². The molecule has 4 nitrogen and oxygen atoms in total. The Morgan fingerprint density at radius 1 is 1.44 bits per heavy atom. The monoisotopic (exact) mass is 220 g/mol. The molecule has 1 saturated heterocycles. The van der Waals surface area contributed by atoms with Crippen LogP contribution in [-0.2, 0) is 0 Å². The molecular weight excluding hydrogens is 200 g/mol. The highest BCUT2D eigenvalue weighted by Crippen LogP contribution is 2.25. The van der Waals surface area contributed by atoms with Crippen LogP contribution in [0.2, 0.25) is 0 Å². The summed E-state index contributed by atoms with van der Waals surface area (Å²) in [7, 11) is 1.89. The molecule has 1 aromatic rings. The van der Waals surface area contributed by atoms with Crippen molar-refractivity contribution in [3.8, 4) is 0 Å². The zero-order valence-electron chi connectivity index (χ0n) is 10.1. The summed E-state index contributed by atoms with van der Waals surface area (Å²) >= 11 is 0. The van der Waals surface area contributed by atoms with Crippen molar-refractivity contribution in [2.45, 2.75) is 38.6 Å². The Kier molecular flexibility index (Phi) is 3.59. The smallest absolute Gasteiger partial charge is 0.134 e. The molecular formula is C12H20N4. The topological polar surface area (TPSA) is 41.0 Å². The Bertz CT molecular complexity index is 340. The summed E-state index contributed by atoms with van der Waals surface area (Å²) in [6, 6.07) is 2.68. The van der Waals surface area contributed by atoms with E-state index in [2.05, 4.69) is 27.1 Å². The lowest BCUT2D eigenvalue weighted by Gasteiger charge is -2.36. The summed E-state index contributed by atoms with van der Waals surface area (Å²) in [4.78, 5) is 11.0. The van der Waals surface area contributed by atoms with Gasteiger partial charge in [-0.1, -0.05) is 6.92 Å². The van der Waals surface area contributed by atoms with Crippen molar-refractivity contribution in [3.05, 3.63) is 12.4 Å². The van der Waals surface area contributed by atoms with Gasteiger partial charge in [0.1, 0.15) is 18.0 Å². The van der Waals surface area contributed by atoms with Gasteiger partial charge < -0.3 is 10.2 Å². The highest BCUT2D eigenvalue weighted by atomic mass is 15.2. The molecule has 1 aromatic heterocycles. The highest BCUT2D eigenvalue weighted by molar-refractivity contribution is 5.49. The SMILES string of the molecule is CCC1CCCCN1c1cc(NC)ncn1. The minimum absolute atomic E-state index is 0.647. The number of rotatable bonds is 3. The Morgan fingerprint density at radius 3 is 3.06 bits per heavy atom. The molecule has 0 amide bonds. The van der Waals surface area contributed by atoms with E-state index in [-0.39, 0.29) is 0 Å². The molecule has 1 aliphatic rings. The third-order valence-electron chi connectivity index (χ3n) is 3.30. The Hall–Kier alpha value is -1.32. The first kappa shape index (κ1) is 11.2. The Morgan fingerprint density at radius 2 is 2.31 bits per heavy atom. The highest BCUT2D eigenvalue weighted by Gasteiger charge is 2.22. The quantitative estimate of drug-likeness (QED) is 0.848. The van der Waals surface area contributed by atoms with E-state index in [1.54, 1.807) is 6.33 Å². The second-order valence-corrected chi connectivity index (χ2v) is 4.26. The second-order valence-electron chi connectivity index (χ2n) is 4.26. The van der Waals surface area contributed by atoms with Gasteiger partial charge in [-0.2, -0.15) is 0 Å². The standard InChI is InChI=1S/C12H20N4/c1-3-10-6-4-5-7-16(10)12-8-11(13-2)14-9-15-12/h8-10H,3-7H2,1-2H3,(H,13,14,15). The first-order chi connectivity index (χ1) is 7.85. The molecule has 2 rings (SSSR count). The number of anilines is 2. The normalized spacial score (nSPS) is 20.9.